The molecule has 4 nitrogen and oxygen atoms in total. The Kier molecular flexibility index (Phi) is 8.53. The molecule has 0 radical (unpaired) electrons. The SMILES string of the molecule is CN=C(NCc1nc(C(F)(F)F)cs1)NC(C)c1cccc(C(F)(F)F)c1.I. The molecule has 2 rings (SSSR count). The molecule has 0 spiro atoms. The van der Waals surface area contributed by atoms with Gasteiger partial charge in [0.25, 0.3) is 0 Å². The van der Waals surface area contributed by atoms with Crippen molar-refractivity contribution in [2.24, 2.45) is 4.99 Å². The molecular formula is C16H17F6IN4S. The molecule has 0 saturated heterocycles. The zero-order chi connectivity index (χ0) is 20.2. The van der Waals surface area contributed by atoms with Gasteiger partial charge in [-0.1, -0.05) is 12.1 Å². The van der Waals surface area contributed by atoms with E-state index in [-0.39, 0.29) is 41.5 Å². The first-order valence-electron chi connectivity index (χ1n) is 7.66. The molecular weight excluding hydrogens is 521 g/mol. The molecule has 0 aliphatic rings. The summed E-state index contributed by atoms with van der Waals surface area (Å²) in [4.78, 5) is 7.41. The highest BCUT2D eigenvalue weighted by molar-refractivity contribution is 14.0. The summed E-state index contributed by atoms with van der Waals surface area (Å²) in [5, 5.41) is 6.81. The first-order valence-corrected chi connectivity index (χ1v) is 8.54. The Balaban J connectivity index is 0.00000392. The van der Waals surface area contributed by atoms with Crippen molar-refractivity contribution in [3.8, 4) is 0 Å². The number of aromatic nitrogens is 1. The maximum absolute atomic E-state index is 12.8. The molecule has 1 aromatic heterocycles. The number of alkyl halides is 6. The highest BCUT2D eigenvalue weighted by Gasteiger charge is 2.33. The number of hydrogen-bond donors (Lipinski definition) is 2. The highest BCUT2D eigenvalue weighted by Crippen LogP contribution is 2.31. The smallest absolute Gasteiger partial charge is 0.350 e. The first kappa shape index (κ1) is 24.5. The number of aliphatic imine (C=N–C) groups is 1. The predicted octanol–water partition coefficient (Wildman–Crippen LogP) is 5.22. The van der Waals surface area contributed by atoms with Gasteiger partial charge >= 0.3 is 12.4 Å². The Labute approximate surface area is 178 Å². The van der Waals surface area contributed by atoms with Crippen molar-refractivity contribution in [1.82, 2.24) is 15.6 Å². The first-order chi connectivity index (χ1) is 12.5. The fraction of sp³-hybridized carbons (Fsp3) is 0.375. The van der Waals surface area contributed by atoms with Gasteiger partial charge in [-0.25, -0.2) is 4.98 Å². The summed E-state index contributed by atoms with van der Waals surface area (Å²) < 4.78 is 76.1. The Bertz CT molecular complexity index is 803. The van der Waals surface area contributed by atoms with Crippen LogP contribution in [-0.4, -0.2) is 18.0 Å². The molecule has 1 heterocycles. The van der Waals surface area contributed by atoms with E-state index in [2.05, 4.69) is 20.6 Å². The average Bonchev–Trinajstić information content (AvgIpc) is 3.07. The van der Waals surface area contributed by atoms with Crippen molar-refractivity contribution in [1.29, 1.82) is 0 Å². The van der Waals surface area contributed by atoms with Gasteiger partial charge in [0.05, 0.1) is 18.2 Å². The van der Waals surface area contributed by atoms with E-state index in [0.717, 1.165) is 28.8 Å². The summed E-state index contributed by atoms with van der Waals surface area (Å²) in [6, 6.07) is 4.34. The lowest BCUT2D eigenvalue weighted by molar-refractivity contribution is -0.141. The van der Waals surface area contributed by atoms with Gasteiger partial charge in [0.1, 0.15) is 5.01 Å². The normalized spacial score (nSPS) is 13.6. The molecule has 0 fully saturated rings. The van der Waals surface area contributed by atoms with Crippen LogP contribution in [0.25, 0.3) is 0 Å². The fourth-order valence-corrected chi connectivity index (χ4v) is 2.89. The molecule has 1 aromatic carbocycles. The third-order valence-corrected chi connectivity index (χ3v) is 4.39. The van der Waals surface area contributed by atoms with Gasteiger partial charge in [-0.2, -0.15) is 26.3 Å². The standard InChI is InChI=1S/C16H16F6N4S.HI/c1-9(10-4-3-5-11(6-10)15(17,18)19)25-14(23-2)24-7-13-26-12(8-27-13)16(20,21)22;/h3-6,8-9H,7H2,1-2H3,(H2,23,24,25);1H. The second kappa shape index (κ2) is 9.76. The Morgan fingerprint density at radius 2 is 1.86 bits per heavy atom. The second-order valence-electron chi connectivity index (χ2n) is 5.54. The highest BCUT2D eigenvalue weighted by atomic mass is 127. The maximum atomic E-state index is 12.8. The van der Waals surface area contributed by atoms with Gasteiger partial charge in [-0.05, 0) is 24.6 Å². The quantitative estimate of drug-likeness (QED) is 0.243. The van der Waals surface area contributed by atoms with Crippen molar-refractivity contribution >= 4 is 41.3 Å². The van der Waals surface area contributed by atoms with Crippen LogP contribution in [0.4, 0.5) is 26.3 Å². The van der Waals surface area contributed by atoms with E-state index in [0.29, 0.717) is 5.56 Å². The molecule has 1 unspecified atom stereocenters. The third kappa shape index (κ3) is 6.79. The summed E-state index contributed by atoms with van der Waals surface area (Å²) in [5.74, 6) is 0.226. The summed E-state index contributed by atoms with van der Waals surface area (Å²) in [6.45, 7) is 1.64. The van der Waals surface area contributed by atoms with E-state index in [4.69, 9.17) is 0 Å². The van der Waals surface area contributed by atoms with E-state index in [1.807, 2.05) is 0 Å². The molecule has 0 bridgehead atoms. The number of thiazole rings is 1. The summed E-state index contributed by atoms with van der Waals surface area (Å²) in [5.41, 5.74) is -1.34. The summed E-state index contributed by atoms with van der Waals surface area (Å²) in [6.07, 6.45) is -8.95. The molecule has 0 aliphatic carbocycles. The monoisotopic (exact) mass is 538 g/mol. The van der Waals surface area contributed by atoms with Crippen LogP contribution in [0.2, 0.25) is 0 Å². The Morgan fingerprint density at radius 3 is 2.39 bits per heavy atom. The van der Waals surface area contributed by atoms with Gasteiger partial charge < -0.3 is 10.6 Å². The van der Waals surface area contributed by atoms with Gasteiger partial charge in [-0.3, -0.25) is 4.99 Å². The predicted molar refractivity (Wildman–Crippen MR) is 106 cm³/mol. The van der Waals surface area contributed by atoms with Crippen LogP contribution < -0.4 is 10.6 Å². The molecule has 28 heavy (non-hydrogen) atoms. The lowest BCUT2D eigenvalue weighted by atomic mass is 10.1. The number of guanidine groups is 1. The van der Waals surface area contributed by atoms with Gasteiger partial charge in [0, 0.05) is 12.4 Å². The molecule has 0 saturated carbocycles. The van der Waals surface area contributed by atoms with E-state index in [9.17, 15) is 26.3 Å². The Morgan fingerprint density at radius 1 is 1.18 bits per heavy atom. The van der Waals surface area contributed by atoms with Crippen LogP contribution in [0, 0.1) is 0 Å². The molecule has 2 aromatic rings. The van der Waals surface area contributed by atoms with Crippen LogP contribution in [-0.2, 0) is 18.9 Å². The van der Waals surface area contributed by atoms with Crippen LogP contribution in [0.5, 0.6) is 0 Å². The minimum Gasteiger partial charge on any atom is -0.350 e. The molecule has 0 aliphatic heterocycles. The molecule has 156 valence electrons. The average molecular weight is 538 g/mol. The van der Waals surface area contributed by atoms with E-state index in [1.54, 1.807) is 6.92 Å². The molecule has 12 heteroatoms. The minimum absolute atomic E-state index is 0. The number of hydrogen-bond acceptors (Lipinski definition) is 3. The summed E-state index contributed by atoms with van der Waals surface area (Å²) in [7, 11) is 1.44. The van der Waals surface area contributed by atoms with Crippen LogP contribution in [0.3, 0.4) is 0 Å². The van der Waals surface area contributed by atoms with Gasteiger partial charge in [-0.15, -0.1) is 35.3 Å². The van der Waals surface area contributed by atoms with Crippen molar-refractivity contribution < 1.29 is 26.3 Å². The molecule has 2 N–H and O–H groups in total. The topological polar surface area (TPSA) is 49.3 Å². The third-order valence-electron chi connectivity index (χ3n) is 3.54. The van der Waals surface area contributed by atoms with Crippen LogP contribution in [0.15, 0.2) is 34.6 Å². The van der Waals surface area contributed by atoms with Gasteiger partial charge in [0.2, 0.25) is 0 Å². The summed E-state index contributed by atoms with van der Waals surface area (Å²) >= 11 is 0.847. The molecule has 1 atom stereocenters. The number of rotatable bonds is 4. The Hall–Kier alpha value is -1.57. The van der Waals surface area contributed by atoms with Crippen molar-refractivity contribution in [3.63, 3.8) is 0 Å². The van der Waals surface area contributed by atoms with Gasteiger partial charge in [0.15, 0.2) is 11.7 Å². The fourth-order valence-electron chi connectivity index (χ4n) is 2.15. The lowest BCUT2D eigenvalue weighted by Gasteiger charge is -2.19. The van der Waals surface area contributed by atoms with Crippen LogP contribution >= 0.6 is 35.3 Å². The van der Waals surface area contributed by atoms with E-state index >= 15 is 0 Å². The molecule has 0 amide bonds. The zero-order valence-corrected chi connectivity index (χ0v) is 17.8. The number of nitrogens with one attached hydrogen (secondary N) is 2. The van der Waals surface area contributed by atoms with Crippen molar-refractivity contribution in [2.75, 3.05) is 7.05 Å². The number of nitrogens with zero attached hydrogens (tertiary/aromatic N) is 2. The van der Waals surface area contributed by atoms with Crippen molar-refractivity contribution in [2.45, 2.75) is 31.9 Å². The minimum atomic E-state index is -4.51. The largest absolute Gasteiger partial charge is 0.434 e. The van der Waals surface area contributed by atoms with Crippen molar-refractivity contribution in [3.05, 3.63) is 51.5 Å². The maximum Gasteiger partial charge on any atom is 0.434 e. The lowest BCUT2D eigenvalue weighted by Crippen LogP contribution is -2.38. The van der Waals surface area contributed by atoms with E-state index in [1.165, 1.54) is 19.2 Å². The second-order valence-corrected chi connectivity index (χ2v) is 6.48. The van der Waals surface area contributed by atoms with Crippen LogP contribution in [0.1, 0.15) is 34.8 Å². The number of benzene rings is 1. The number of halogens is 7. The zero-order valence-electron chi connectivity index (χ0n) is 14.6. The van der Waals surface area contributed by atoms with E-state index < -0.39 is 29.7 Å².